The van der Waals surface area contributed by atoms with Crippen LogP contribution in [0, 0.1) is 5.41 Å². The van der Waals surface area contributed by atoms with Crippen LogP contribution in [0.1, 0.15) is 71.3 Å². The minimum Gasteiger partial charge on any atom is -0.312 e. The van der Waals surface area contributed by atoms with Crippen molar-refractivity contribution >= 4 is 0 Å². The lowest BCUT2D eigenvalue weighted by atomic mass is 9.68. The van der Waals surface area contributed by atoms with Crippen molar-refractivity contribution < 1.29 is 0 Å². The maximum atomic E-state index is 3.69. The molecule has 1 heteroatoms. The van der Waals surface area contributed by atoms with Gasteiger partial charge in [-0.2, -0.15) is 0 Å². The van der Waals surface area contributed by atoms with Gasteiger partial charge in [-0.25, -0.2) is 0 Å². The molecule has 118 valence electrons. The van der Waals surface area contributed by atoms with Crippen LogP contribution in [0.25, 0.3) is 0 Å². The first-order valence-corrected chi connectivity index (χ1v) is 8.78. The number of hydrogen-bond donors (Lipinski definition) is 1. The summed E-state index contributed by atoms with van der Waals surface area (Å²) in [5.74, 6) is 0. The summed E-state index contributed by atoms with van der Waals surface area (Å²) in [4.78, 5) is 0. The van der Waals surface area contributed by atoms with Crippen molar-refractivity contribution in [2.45, 2.75) is 77.7 Å². The van der Waals surface area contributed by atoms with Crippen molar-refractivity contribution in [2.75, 3.05) is 6.54 Å². The Labute approximate surface area is 131 Å². The average Bonchev–Trinajstić information content (AvgIpc) is 2.46. The molecule has 0 aromatic heterocycles. The Hall–Kier alpha value is -0.820. The zero-order valence-corrected chi connectivity index (χ0v) is 14.3. The van der Waals surface area contributed by atoms with Crippen molar-refractivity contribution in [3.8, 4) is 0 Å². The van der Waals surface area contributed by atoms with Crippen molar-refractivity contribution in [3.05, 3.63) is 35.9 Å². The van der Waals surface area contributed by atoms with E-state index in [-0.39, 0.29) is 5.54 Å². The maximum absolute atomic E-state index is 3.69. The van der Waals surface area contributed by atoms with Crippen LogP contribution in [0.15, 0.2) is 30.3 Å². The van der Waals surface area contributed by atoms with Crippen LogP contribution in [0.3, 0.4) is 0 Å². The molecule has 0 atom stereocenters. The summed E-state index contributed by atoms with van der Waals surface area (Å²) < 4.78 is 0. The van der Waals surface area contributed by atoms with Gasteiger partial charge in [-0.3, -0.25) is 0 Å². The molecule has 0 unspecified atom stereocenters. The molecule has 1 N–H and O–H groups in total. The lowest BCUT2D eigenvalue weighted by Gasteiger charge is -2.38. The highest BCUT2D eigenvalue weighted by atomic mass is 14.9. The quantitative estimate of drug-likeness (QED) is 0.744. The average molecular weight is 287 g/mol. The molecule has 2 rings (SSSR count). The van der Waals surface area contributed by atoms with Crippen LogP contribution in [0.5, 0.6) is 0 Å². The Balaban J connectivity index is 1.90. The molecule has 21 heavy (non-hydrogen) atoms. The second-order valence-electron chi connectivity index (χ2n) is 7.97. The van der Waals surface area contributed by atoms with E-state index in [1.165, 1.54) is 56.9 Å². The number of hydrogen-bond acceptors (Lipinski definition) is 1. The monoisotopic (exact) mass is 287 g/mol. The van der Waals surface area contributed by atoms with Gasteiger partial charge in [0, 0.05) is 5.54 Å². The van der Waals surface area contributed by atoms with Crippen LogP contribution in [0.2, 0.25) is 0 Å². The van der Waals surface area contributed by atoms with E-state index in [4.69, 9.17) is 0 Å². The first-order chi connectivity index (χ1) is 9.99. The normalized spacial score (nSPS) is 18.6. The molecule has 1 nitrogen and oxygen atoms in total. The minimum atomic E-state index is 0.245. The maximum Gasteiger partial charge on any atom is 0.00965 e. The fraction of sp³-hybridized carbons (Fsp3) is 0.700. The van der Waals surface area contributed by atoms with Crippen LogP contribution >= 0.6 is 0 Å². The van der Waals surface area contributed by atoms with E-state index in [0.29, 0.717) is 5.41 Å². The third-order valence-corrected chi connectivity index (χ3v) is 5.01. The second kappa shape index (κ2) is 7.45. The molecule has 0 heterocycles. The standard InChI is InChI=1S/C20H33N/c1-19(2,3)21-17-16-20(13-8-5-9-14-20)15-12-18-10-6-4-7-11-18/h4,6-7,10-11,21H,5,8-9,12-17H2,1-3H3. The Morgan fingerprint density at radius 1 is 0.952 bits per heavy atom. The summed E-state index contributed by atoms with van der Waals surface area (Å²) in [5, 5.41) is 3.69. The molecule has 0 bridgehead atoms. The molecule has 1 aliphatic carbocycles. The first-order valence-electron chi connectivity index (χ1n) is 8.78. The lowest BCUT2D eigenvalue weighted by molar-refractivity contribution is 0.152. The SMILES string of the molecule is CC(C)(C)NCCC1(CCc2ccccc2)CCCCC1. The summed E-state index contributed by atoms with van der Waals surface area (Å²) in [6.07, 6.45) is 11.1. The van der Waals surface area contributed by atoms with Crippen LogP contribution < -0.4 is 5.32 Å². The molecule has 0 spiro atoms. The van der Waals surface area contributed by atoms with Gasteiger partial charge < -0.3 is 5.32 Å². The third-order valence-electron chi connectivity index (χ3n) is 5.01. The molecule has 0 amide bonds. The van der Waals surface area contributed by atoms with Gasteiger partial charge in [-0.05, 0) is 70.4 Å². The fourth-order valence-electron chi connectivity index (χ4n) is 3.68. The largest absolute Gasteiger partial charge is 0.312 e. The van der Waals surface area contributed by atoms with E-state index in [9.17, 15) is 0 Å². The van der Waals surface area contributed by atoms with E-state index in [1.54, 1.807) is 0 Å². The Morgan fingerprint density at radius 3 is 2.24 bits per heavy atom. The number of benzene rings is 1. The minimum absolute atomic E-state index is 0.245. The Kier molecular flexibility index (Phi) is 5.87. The Bertz CT molecular complexity index is 396. The molecule has 0 aliphatic heterocycles. The lowest BCUT2D eigenvalue weighted by Crippen LogP contribution is -2.39. The third kappa shape index (κ3) is 5.82. The van der Waals surface area contributed by atoms with Gasteiger partial charge in [-0.1, -0.05) is 49.6 Å². The Morgan fingerprint density at radius 2 is 1.62 bits per heavy atom. The van der Waals surface area contributed by atoms with Gasteiger partial charge >= 0.3 is 0 Å². The fourth-order valence-corrected chi connectivity index (χ4v) is 3.68. The van der Waals surface area contributed by atoms with Crippen LogP contribution in [-0.2, 0) is 6.42 Å². The summed E-state index contributed by atoms with van der Waals surface area (Å²) in [7, 11) is 0. The summed E-state index contributed by atoms with van der Waals surface area (Å²) >= 11 is 0. The van der Waals surface area contributed by atoms with Crippen LogP contribution in [0.4, 0.5) is 0 Å². The van der Waals surface area contributed by atoms with Gasteiger partial charge in [0.1, 0.15) is 0 Å². The molecular weight excluding hydrogens is 254 g/mol. The van der Waals surface area contributed by atoms with E-state index in [0.717, 1.165) is 6.54 Å². The summed E-state index contributed by atoms with van der Waals surface area (Å²) in [5.41, 5.74) is 2.34. The predicted molar refractivity (Wildman–Crippen MR) is 92.7 cm³/mol. The molecule has 0 radical (unpaired) electrons. The summed E-state index contributed by atoms with van der Waals surface area (Å²) in [6.45, 7) is 7.97. The van der Waals surface area contributed by atoms with E-state index >= 15 is 0 Å². The number of aryl methyl sites for hydroxylation is 1. The zero-order chi connectivity index (χ0) is 15.2. The van der Waals surface area contributed by atoms with Crippen LogP contribution in [-0.4, -0.2) is 12.1 Å². The topological polar surface area (TPSA) is 12.0 Å². The molecule has 1 aromatic rings. The highest BCUT2D eigenvalue weighted by molar-refractivity contribution is 5.15. The number of rotatable bonds is 6. The first kappa shape index (κ1) is 16.5. The van der Waals surface area contributed by atoms with Crippen molar-refractivity contribution in [1.29, 1.82) is 0 Å². The molecule has 1 saturated carbocycles. The molecule has 1 fully saturated rings. The molecule has 1 aromatic carbocycles. The van der Waals surface area contributed by atoms with Gasteiger partial charge in [-0.15, -0.1) is 0 Å². The highest BCUT2D eigenvalue weighted by Gasteiger charge is 2.31. The molecular formula is C20H33N. The molecule has 0 saturated heterocycles. The summed E-state index contributed by atoms with van der Waals surface area (Å²) in [6, 6.07) is 11.0. The smallest absolute Gasteiger partial charge is 0.00965 e. The second-order valence-corrected chi connectivity index (χ2v) is 7.97. The number of nitrogens with one attached hydrogen (secondary N) is 1. The van der Waals surface area contributed by atoms with Crippen molar-refractivity contribution in [2.24, 2.45) is 5.41 Å². The highest BCUT2D eigenvalue weighted by Crippen LogP contribution is 2.42. The van der Waals surface area contributed by atoms with E-state index in [2.05, 4.69) is 56.4 Å². The van der Waals surface area contributed by atoms with E-state index < -0.39 is 0 Å². The van der Waals surface area contributed by atoms with Gasteiger partial charge in [0.15, 0.2) is 0 Å². The van der Waals surface area contributed by atoms with Gasteiger partial charge in [0.05, 0.1) is 0 Å². The van der Waals surface area contributed by atoms with Crippen molar-refractivity contribution in [1.82, 2.24) is 5.32 Å². The van der Waals surface area contributed by atoms with Gasteiger partial charge in [0.2, 0.25) is 0 Å². The predicted octanol–water partition coefficient (Wildman–Crippen LogP) is 5.35. The van der Waals surface area contributed by atoms with Gasteiger partial charge in [0.25, 0.3) is 0 Å². The van der Waals surface area contributed by atoms with E-state index in [1.807, 2.05) is 0 Å². The molecule has 1 aliphatic rings. The zero-order valence-electron chi connectivity index (χ0n) is 14.3. The van der Waals surface area contributed by atoms with Crippen molar-refractivity contribution in [3.63, 3.8) is 0 Å².